The average Bonchev–Trinajstić information content (AvgIpc) is 2.94. The van der Waals surface area contributed by atoms with E-state index in [4.69, 9.17) is 5.11 Å². The third kappa shape index (κ3) is 3.48. The molecule has 0 unspecified atom stereocenters. The number of rotatable bonds is 6. The smallest absolute Gasteiger partial charge is 0.272 e. The Balaban J connectivity index is 2.08. The number of carbonyl (C=O) groups excluding carboxylic acids is 1. The monoisotopic (exact) mass is 272 g/mol. The first-order valence-electron chi connectivity index (χ1n) is 6.91. The SMILES string of the molecule is CCn1cccc1C(=O)Nc1cccc(CCCO)c1. The number of nitrogens with zero attached hydrogens (tertiary/aromatic N) is 1. The molecule has 2 rings (SSSR count). The van der Waals surface area contributed by atoms with Crippen molar-refractivity contribution in [1.82, 2.24) is 4.57 Å². The molecule has 0 saturated carbocycles. The van der Waals surface area contributed by atoms with Gasteiger partial charge in [-0.1, -0.05) is 12.1 Å². The Labute approximate surface area is 119 Å². The van der Waals surface area contributed by atoms with Crippen molar-refractivity contribution in [2.24, 2.45) is 0 Å². The second-order valence-electron chi connectivity index (χ2n) is 4.66. The zero-order valence-corrected chi connectivity index (χ0v) is 11.7. The predicted octanol–water partition coefficient (Wildman–Crippen LogP) is 2.69. The molecular formula is C16H20N2O2. The minimum Gasteiger partial charge on any atom is -0.396 e. The zero-order valence-electron chi connectivity index (χ0n) is 11.7. The maximum Gasteiger partial charge on any atom is 0.272 e. The number of hydrogen-bond donors (Lipinski definition) is 2. The summed E-state index contributed by atoms with van der Waals surface area (Å²) >= 11 is 0. The Kier molecular flexibility index (Phi) is 4.96. The van der Waals surface area contributed by atoms with Crippen LogP contribution >= 0.6 is 0 Å². The molecule has 1 aromatic heterocycles. The van der Waals surface area contributed by atoms with Gasteiger partial charge in [0.15, 0.2) is 0 Å². The van der Waals surface area contributed by atoms with E-state index in [1.165, 1.54) is 0 Å². The molecule has 1 aromatic carbocycles. The van der Waals surface area contributed by atoms with Gasteiger partial charge in [-0.3, -0.25) is 4.79 Å². The maximum atomic E-state index is 12.2. The van der Waals surface area contributed by atoms with Crippen LogP contribution in [0.15, 0.2) is 42.6 Å². The van der Waals surface area contributed by atoms with Crippen molar-refractivity contribution in [2.45, 2.75) is 26.3 Å². The number of aliphatic hydroxyl groups excluding tert-OH is 1. The fraction of sp³-hybridized carbons (Fsp3) is 0.312. The zero-order chi connectivity index (χ0) is 14.4. The van der Waals surface area contributed by atoms with Crippen LogP contribution in [0.1, 0.15) is 29.4 Å². The van der Waals surface area contributed by atoms with Crippen molar-refractivity contribution in [3.05, 3.63) is 53.9 Å². The summed E-state index contributed by atoms with van der Waals surface area (Å²) in [6.07, 6.45) is 3.44. The molecule has 2 aromatic rings. The van der Waals surface area contributed by atoms with Crippen LogP contribution in [0.4, 0.5) is 5.69 Å². The van der Waals surface area contributed by atoms with Gasteiger partial charge >= 0.3 is 0 Å². The molecule has 106 valence electrons. The van der Waals surface area contributed by atoms with Crippen LogP contribution < -0.4 is 5.32 Å². The van der Waals surface area contributed by atoms with E-state index in [0.717, 1.165) is 30.6 Å². The minimum absolute atomic E-state index is 0.101. The highest BCUT2D eigenvalue weighted by Crippen LogP contribution is 2.14. The first-order valence-corrected chi connectivity index (χ1v) is 6.91. The summed E-state index contributed by atoms with van der Waals surface area (Å²) in [5.41, 5.74) is 2.56. The van der Waals surface area contributed by atoms with Gasteiger partial charge < -0.3 is 15.0 Å². The number of carbonyl (C=O) groups is 1. The quantitative estimate of drug-likeness (QED) is 0.849. The van der Waals surface area contributed by atoms with Gasteiger partial charge in [0.2, 0.25) is 0 Å². The van der Waals surface area contributed by atoms with E-state index in [2.05, 4.69) is 5.32 Å². The van der Waals surface area contributed by atoms with Crippen molar-refractivity contribution < 1.29 is 9.90 Å². The normalized spacial score (nSPS) is 10.5. The highest BCUT2D eigenvalue weighted by Gasteiger charge is 2.10. The number of aliphatic hydroxyl groups is 1. The third-order valence-corrected chi connectivity index (χ3v) is 3.21. The summed E-state index contributed by atoms with van der Waals surface area (Å²) in [7, 11) is 0. The molecule has 0 aliphatic heterocycles. The highest BCUT2D eigenvalue weighted by molar-refractivity contribution is 6.03. The molecule has 1 amide bonds. The van der Waals surface area contributed by atoms with Gasteiger partial charge in [-0.2, -0.15) is 0 Å². The average molecular weight is 272 g/mol. The van der Waals surface area contributed by atoms with Crippen molar-refractivity contribution in [3.63, 3.8) is 0 Å². The summed E-state index contributed by atoms with van der Waals surface area (Å²) in [6.45, 7) is 2.96. The first kappa shape index (κ1) is 14.3. The highest BCUT2D eigenvalue weighted by atomic mass is 16.2. The number of benzene rings is 1. The molecule has 0 aliphatic carbocycles. The van der Waals surface area contributed by atoms with Crippen molar-refractivity contribution in [1.29, 1.82) is 0 Å². The second kappa shape index (κ2) is 6.91. The Bertz CT molecular complexity index is 575. The minimum atomic E-state index is -0.101. The summed E-state index contributed by atoms with van der Waals surface area (Å²) in [5.74, 6) is -0.101. The summed E-state index contributed by atoms with van der Waals surface area (Å²) in [5, 5.41) is 11.8. The van der Waals surface area contributed by atoms with Crippen LogP contribution in [0, 0.1) is 0 Å². The summed E-state index contributed by atoms with van der Waals surface area (Å²) in [6, 6.07) is 11.4. The molecule has 0 radical (unpaired) electrons. The van der Waals surface area contributed by atoms with Crippen molar-refractivity contribution in [2.75, 3.05) is 11.9 Å². The van der Waals surface area contributed by atoms with Gasteiger partial charge in [0.25, 0.3) is 5.91 Å². The molecule has 0 aliphatic rings. The van der Waals surface area contributed by atoms with Crippen LogP contribution in [-0.4, -0.2) is 22.2 Å². The van der Waals surface area contributed by atoms with Crippen LogP contribution in [-0.2, 0) is 13.0 Å². The first-order chi connectivity index (χ1) is 9.74. The van der Waals surface area contributed by atoms with Crippen LogP contribution in [0.5, 0.6) is 0 Å². The fourth-order valence-electron chi connectivity index (χ4n) is 2.18. The van der Waals surface area contributed by atoms with Gasteiger partial charge in [-0.25, -0.2) is 0 Å². The maximum absolute atomic E-state index is 12.2. The third-order valence-electron chi connectivity index (χ3n) is 3.21. The lowest BCUT2D eigenvalue weighted by Crippen LogP contribution is -2.16. The molecule has 4 heteroatoms. The van der Waals surface area contributed by atoms with E-state index in [1.54, 1.807) is 0 Å². The Morgan fingerprint density at radius 2 is 2.15 bits per heavy atom. The summed E-state index contributed by atoms with van der Waals surface area (Å²) in [4.78, 5) is 12.2. The number of amides is 1. The number of anilines is 1. The molecule has 1 heterocycles. The summed E-state index contributed by atoms with van der Waals surface area (Å²) < 4.78 is 1.91. The molecule has 0 spiro atoms. The van der Waals surface area contributed by atoms with Crippen molar-refractivity contribution >= 4 is 11.6 Å². The van der Waals surface area contributed by atoms with E-state index < -0.39 is 0 Å². The van der Waals surface area contributed by atoms with E-state index in [9.17, 15) is 4.79 Å². The Morgan fingerprint density at radius 1 is 1.30 bits per heavy atom. The molecular weight excluding hydrogens is 252 g/mol. The van der Waals surface area contributed by atoms with E-state index in [0.29, 0.717) is 5.69 Å². The lowest BCUT2D eigenvalue weighted by atomic mass is 10.1. The fourth-order valence-corrected chi connectivity index (χ4v) is 2.18. The van der Waals surface area contributed by atoms with Gasteiger partial charge in [0.1, 0.15) is 5.69 Å². The van der Waals surface area contributed by atoms with Crippen LogP contribution in [0.25, 0.3) is 0 Å². The lowest BCUT2D eigenvalue weighted by Gasteiger charge is -2.09. The Morgan fingerprint density at radius 3 is 2.90 bits per heavy atom. The molecule has 4 nitrogen and oxygen atoms in total. The van der Waals surface area contributed by atoms with Crippen LogP contribution in [0.3, 0.4) is 0 Å². The van der Waals surface area contributed by atoms with Crippen LogP contribution in [0.2, 0.25) is 0 Å². The number of aryl methyl sites for hydroxylation is 2. The predicted molar refractivity (Wildman–Crippen MR) is 79.9 cm³/mol. The molecule has 0 saturated heterocycles. The van der Waals surface area contributed by atoms with Gasteiger partial charge in [-0.05, 0) is 49.6 Å². The lowest BCUT2D eigenvalue weighted by molar-refractivity contribution is 0.101. The standard InChI is InChI=1S/C16H20N2O2/c1-2-18-10-4-9-15(18)16(20)17-14-8-3-6-13(12-14)7-5-11-19/h3-4,6,8-10,12,19H,2,5,7,11H2,1H3,(H,17,20). The Hall–Kier alpha value is -2.07. The molecule has 2 N–H and O–H groups in total. The number of nitrogens with one attached hydrogen (secondary N) is 1. The molecule has 0 bridgehead atoms. The molecule has 20 heavy (non-hydrogen) atoms. The van der Waals surface area contributed by atoms with Gasteiger partial charge in [0, 0.05) is 25.0 Å². The van der Waals surface area contributed by atoms with Gasteiger partial charge in [-0.15, -0.1) is 0 Å². The topological polar surface area (TPSA) is 54.3 Å². The molecule has 0 atom stereocenters. The number of aromatic nitrogens is 1. The number of hydrogen-bond acceptors (Lipinski definition) is 2. The molecule has 0 fully saturated rings. The van der Waals surface area contributed by atoms with E-state index in [-0.39, 0.29) is 12.5 Å². The van der Waals surface area contributed by atoms with Gasteiger partial charge in [0.05, 0.1) is 0 Å². The van der Waals surface area contributed by atoms with Crippen molar-refractivity contribution in [3.8, 4) is 0 Å². The largest absolute Gasteiger partial charge is 0.396 e. The second-order valence-corrected chi connectivity index (χ2v) is 4.66. The van der Waals surface area contributed by atoms with E-state index in [1.807, 2.05) is 54.1 Å². The van der Waals surface area contributed by atoms with E-state index >= 15 is 0 Å².